The predicted octanol–water partition coefficient (Wildman–Crippen LogP) is 7.55. The van der Waals surface area contributed by atoms with Gasteiger partial charge in [-0.25, -0.2) is 0 Å². The second-order valence-corrected chi connectivity index (χ2v) is 10.6. The molecule has 162 valence electrons. The summed E-state index contributed by atoms with van der Waals surface area (Å²) in [5.74, 6) is 4.86. The Morgan fingerprint density at radius 1 is 0.786 bits per heavy atom. The largest absolute Gasteiger partial charge is 0.462 e. The van der Waals surface area contributed by atoms with Crippen molar-refractivity contribution in [3.05, 3.63) is 0 Å². The van der Waals surface area contributed by atoms with E-state index in [4.69, 9.17) is 4.74 Å². The molecule has 0 bridgehead atoms. The topological polar surface area (TPSA) is 26.3 Å². The van der Waals surface area contributed by atoms with Crippen LogP contribution in [-0.4, -0.2) is 12.1 Å². The van der Waals surface area contributed by atoms with E-state index in [-0.39, 0.29) is 18.0 Å². The molecule has 0 aromatic heterocycles. The SMILES string of the molecule is CCCC1CCC(OC(=O)C2CCC([C@@H]3CC[C@H](CCC)C[C@H]3C)CC2)CC1. The summed E-state index contributed by atoms with van der Waals surface area (Å²) in [7, 11) is 0. The summed E-state index contributed by atoms with van der Waals surface area (Å²) in [5, 5.41) is 0. The predicted molar refractivity (Wildman–Crippen MR) is 117 cm³/mol. The standard InChI is InChI=1S/C26H46O2/c1-4-6-20-8-15-24(16-9-20)28-26(27)23-13-11-22(12-14-23)25-17-10-21(7-5-2)18-19(25)3/h19-25H,4-18H2,1-3H3/t19-,20?,21+,22?,23?,24?,25-/m1/s1. The fourth-order valence-corrected chi connectivity index (χ4v) is 6.89. The van der Waals surface area contributed by atoms with Crippen LogP contribution in [0, 0.1) is 35.5 Å². The third kappa shape index (κ3) is 5.99. The maximum Gasteiger partial charge on any atom is 0.309 e. The lowest BCUT2D eigenvalue weighted by Crippen LogP contribution is -2.34. The minimum atomic E-state index is 0.136. The van der Waals surface area contributed by atoms with Gasteiger partial charge < -0.3 is 4.74 Å². The summed E-state index contributed by atoms with van der Waals surface area (Å²) in [6.07, 6.45) is 19.4. The second kappa shape index (κ2) is 11.0. The van der Waals surface area contributed by atoms with Crippen LogP contribution in [0.1, 0.15) is 117 Å². The summed E-state index contributed by atoms with van der Waals surface area (Å²) in [4.78, 5) is 12.7. The summed E-state index contributed by atoms with van der Waals surface area (Å²) in [6.45, 7) is 7.11. The Morgan fingerprint density at radius 2 is 1.39 bits per heavy atom. The van der Waals surface area contributed by atoms with Crippen LogP contribution >= 0.6 is 0 Å². The molecule has 0 amide bonds. The first-order valence-corrected chi connectivity index (χ1v) is 12.8. The molecule has 0 aliphatic heterocycles. The molecular weight excluding hydrogens is 344 g/mol. The molecule has 0 aromatic rings. The Bertz CT molecular complexity index is 457. The van der Waals surface area contributed by atoms with Gasteiger partial charge in [-0.15, -0.1) is 0 Å². The Hall–Kier alpha value is -0.530. The molecule has 3 saturated carbocycles. The molecule has 3 aliphatic rings. The number of carbonyl (C=O) groups excluding carboxylic acids is 1. The van der Waals surface area contributed by atoms with Crippen molar-refractivity contribution in [2.75, 3.05) is 0 Å². The van der Waals surface area contributed by atoms with E-state index < -0.39 is 0 Å². The van der Waals surface area contributed by atoms with Crippen LogP contribution in [0.5, 0.6) is 0 Å². The van der Waals surface area contributed by atoms with Gasteiger partial charge in [0.25, 0.3) is 0 Å². The van der Waals surface area contributed by atoms with Crippen molar-refractivity contribution in [3.8, 4) is 0 Å². The van der Waals surface area contributed by atoms with Crippen LogP contribution in [0.25, 0.3) is 0 Å². The molecule has 2 nitrogen and oxygen atoms in total. The smallest absolute Gasteiger partial charge is 0.309 e. The number of ether oxygens (including phenoxy) is 1. The first-order chi connectivity index (χ1) is 13.6. The number of carbonyl (C=O) groups is 1. The van der Waals surface area contributed by atoms with Gasteiger partial charge in [0.1, 0.15) is 6.10 Å². The van der Waals surface area contributed by atoms with Gasteiger partial charge in [0, 0.05) is 0 Å². The molecule has 0 heterocycles. The third-order valence-corrected chi connectivity index (χ3v) is 8.53. The summed E-state index contributed by atoms with van der Waals surface area (Å²) >= 11 is 0. The van der Waals surface area contributed by atoms with Crippen LogP contribution in [0.3, 0.4) is 0 Å². The Labute approximate surface area is 174 Å². The normalized spacial score (nSPS) is 39.5. The molecule has 3 aliphatic carbocycles. The van der Waals surface area contributed by atoms with Gasteiger partial charge in [-0.2, -0.15) is 0 Å². The zero-order chi connectivity index (χ0) is 19.9. The molecule has 3 atom stereocenters. The molecule has 3 fully saturated rings. The van der Waals surface area contributed by atoms with Gasteiger partial charge in [-0.05, 0) is 93.8 Å². The molecule has 28 heavy (non-hydrogen) atoms. The molecule has 0 saturated heterocycles. The first kappa shape index (κ1) is 22.2. The van der Waals surface area contributed by atoms with E-state index in [1.54, 1.807) is 0 Å². The monoisotopic (exact) mass is 390 g/mol. The first-order valence-electron chi connectivity index (χ1n) is 12.8. The fraction of sp³-hybridized carbons (Fsp3) is 0.962. The van der Waals surface area contributed by atoms with Gasteiger partial charge in [0.05, 0.1) is 5.92 Å². The average Bonchev–Trinajstić information content (AvgIpc) is 2.70. The van der Waals surface area contributed by atoms with Crippen molar-refractivity contribution in [2.24, 2.45) is 35.5 Å². The highest BCUT2D eigenvalue weighted by Gasteiger charge is 2.37. The lowest BCUT2D eigenvalue weighted by atomic mass is 9.64. The quantitative estimate of drug-likeness (QED) is 0.419. The summed E-state index contributed by atoms with van der Waals surface area (Å²) < 4.78 is 5.96. The van der Waals surface area contributed by atoms with Crippen LogP contribution in [-0.2, 0) is 9.53 Å². The van der Waals surface area contributed by atoms with Crippen LogP contribution < -0.4 is 0 Å². The Kier molecular flexibility index (Phi) is 8.72. The molecule has 0 radical (unpaired) electrons. The van der Waals surface area contributed by atoms with Crippen molar-refractivity contribution >= 4 is 5.97 Å². The average molecular weight is 391 g/mol. The van der Waals surface area contributed by atoms with Gasteiger partial charge in [-0.1, -0.05) is 52.9 Å². The highest BCUT2D eigenvalue weighted by molar-refractivity contribution is 5.72. The minimum absolute atomic E-state index is 0.136. The molecule has 0 unspecified atom stereocenters. The van der Waals surface area contributed by atoms with Crippen molar-refractivity contribution in [2.45, 2.75) is 123 Å². The van der Waals surface area contributed by atoms with E-state index in [0.29, 0.717) is 0 Å². The molecule has 2 heteroatoms. The van der Waals surface area contributed by atoms with Gasteiger partial charge in [-0.3, -0.25) is 4.79 Å². The number of esters is 1. The van der Waals surface area contributed by atoms with Crippen molar-refractivity contribution in [1.82, 2.24) is 0 Å². The third-order valence-electron chi connectivity index (χ3n) is 8.53. The van der Waals surface area contributed by atoms with E-state index in [1.807, 2.05) is 0 Å². The molecule has 0 N–H and O–H groups in total. The lowest BCUT2D eigenvalue weighted by Gasteiger charge is -2.41. The fourth-order valence-electron chi connectivity index (χ4n) is 6.89. The van der Waals surface area contributed by atoms with E-state index >= 15 is 0 Å². The van der Waals surface area contributed by atoms with E-state index in [1.165, 1.54) is 70.6 Å². The van der Waals surface area contributed by atoms with Crippen molar-refractivity contribution < 1.29 is 9.53 Å². The molecule has 0 spiro atoms. The highest BCUT2D eigenvalue weighted by atomic mass is 16.5. The zero-order valence-electron chi connectivity index (χ0n) is 19.0. The highest BCUT2D eigenvalue weighted by Crippen LogP contribution is 2.45. The summed E-state index contributed by atoms with van der Waals surface area (Å²) in [6, 6.07) is 0. The number of hydrogen-bond donors (Lipinski definition) is 0. The molecule has 3 rings (SSSR count). The Balaban J connectivity index is 1.37. The molecular formula is C26H46O2. The van der Waals surface area contributed by atoms with Gasteiger partial charge >= 0.3 is 5.97 Å². The minimum Gasteiger partial charge on any atom is -0.462 e. The number of hydrogen-bond acceptors (Lipinski definition) is 2. The molecule has 0 aromatic carbocycles. The maximum atomic E-state index is 12.7. The summed E-state index contributed by atoms with van der Waals surface area (Å²) in [5.41, 5.74) is 0. The van der Waals surface area contributed by atoms with E-state index in [0.717, 1.165) is 55.3 Å². The van der Waals surface area contributed by atoms with E-state index in [9.17, 15) is 4.79 Å². The lowest BCUT2D eigenvalue weighted by molar-refractivity contribution is -0.157. The van der Waals surface area contributed by atoms with Crippen LogP contribution in [0.15, 0.2) is 0 Å². The van der Waals surface area contributed by atoms with Crippen molar-refractivity contribution in [1.29, 1.82) is 0 Å². The van der Waals surface area contributed by atoms with Gasteiger partial charge in [0.15, 0.2) is 0 Å². The van der Waals surface area contributed by atoms with Crippen LogP contribution in [0.2, 0.25) is 0 Å². The van der Waals surface area contributed by atoms with E-state index in [2.05, 4.69) is 20.8 Å². The number of rotatable bonds is 7. The zero-order valence-corrected chi connectivity index (χ0v) is 19.0. The van der Waals surface area contributed by atoms with Crippen LogP contribution in [0.4, 0.5) is 0 Å². The Morgan fingerprint density at radius 3 is 2.00 bits per heavy atom. The maximum absolute atomic E-state index is 12.7. The van der Waals surface area contributed by atoms with Crippen molar-refractivity contribution in [3.63, 3.8) is 0 Å². The second-order valence-electron chi connectivity index (χ2n) is 10.6. The van der Waals surface area contributed by atoms with Gasteiger partial charge in [0.2, 0.25) is 0 Å².